The average molecular weight is 339 g/mol. The van der Waals surface area contributed by atoms with E-state index in [4.69, 9.17) is 5.11 Å². The Morgan fingerprint density at radius 1 is 1.17 bits per heavy atom. The third kappa shape index (κ3) is 2.63. The Kier molecular flexibility index (Phi) is 3.69. The van der Waals surface area contributed by atoms with Crippen LogP contribution in [0.3, 0.4) is 0 Å². The second-order valence-corrected chi connectivity index (χ2v) is 7.10. The molecular weight excluding hydrogens is 322 g/mol. The van der Waals surface area contributed by atoms with Gasteiger partial charge in [-0.2, -0.15) is 0 Å². The molecule has 0 bridgehead atoms. The Hall–Kier alpha value is -2.47. The van der Waals surface area contributed by atoms with Gasteiger partial charge in [0.05, 0.1) is 10.9 Å². The molecule has 24 heavy (non-hydrogen) atoms. The van der Waals surface area contributed by atoms with Crippen LogP contribution < -0.4 is 5.32 Å². The maximum atomic E-state index is 11.0. The monoisotopic (exact) mass is 339 g/mol. The minimum Gasteiger partial charge on any atom is -0.478 e. The van der Waals surface area contributed by atoms with Crippen molar-refractivity contribution in [1.82, 2.24) is 9.97 Å². The molecule has 0 saturated carbocycles. The molecule has 1 aliphatic carbocycles. The highest BCUT2D eigenvalue weighted by molar-refractivity contribution is 7.19. The van der Waals surface area contributed by atoms with E-state index < -0.39 is 5.97 Å². The maximum absolute atomic E-state index is 11.0. The molecular formula is C18H17N3O2S. The molecule has 5 nitrogen and oxygen atoms in total. The van der Waals surface area contributed by atoms with Crippen LogP contribution in [0.25, 0.3) is 10.2 Å². The summed E-state index contributed by atoms with van der Waals surface area (Å²) in [5.41, 5.74) is 2.48. The van der Waals surface area contributed by atoms with Crippen molar-refractivity contribution in [2.75, 3.05) is 5.32 Å². The molecule has 0 unspecified atom stereocenters. The molecule has 0 aliphatic heterocycles. The Labute approximate surface area is 143 Å². The van der Waals surface area contributed by atoms with E-state index in [2.05, 4.69) is 15.3 Å². The predicted octanol–water partition coefficient (Wildman–Crippen LogP) is 4.32. The van der Waals surface area contributed by atoms with E-state index in [9.17, 15) is 4.79 Å². The molecule has 2 N–H and O–H groups in total. The van der Waals surface area contributed by atoms with Crippen molar-refractivity contribution in [1.29, 1.82) is 0 Å². The van der Waals surface area contributed by atoms with E-state index >= 15 is 0 Å². The smallest absolute Gasteiger partial charge is 0.335 e. The lowest BCUT2D eigenvalue weighted by atomic mass is 9.97. The number of aromatic carboxylic acids is 1. The number of carboxylic acids is 1. The van der Waals surface area contributed by atoms with Gasteiger partial charge in [-0.1, -0.05) is 0 Å². The van der Waals surface area contributed by atoms with Crippen LogP contribution in [0.1, 0.15) is 39.5 Å². The van der Waals surface area contributed by atoms with E-state index in [0.29, 0.717) is 0 Å². The number of rotatable bonds is 3. The first-order chi connectivity index (χ1) is 11.6. The summed E-state index contributed by atoms with van der Waals surface area (Å²) in [6.07, 6.45) is 4.65. The van der Waals surface area contributed by atoms with Crippen LogP contribution in [0.15, 0.2) is 24.3 Å². The number of nitrogens with zero attached hydrogens (tertiary/aromatic N) is 2. The van der Waals surface area contributed by atoms with Crippen molar-refractivity contribution in [3.05, 3.63) is 46.1 Å². The van der Waals surface area contributed by atoms with E-state index in [-0.39, 0.29) is 5.56 Å². The third-order valence-corrected chi connectivity index (χ3v) is 5.51. The number of aromatic nitrogens is 2. The number of hydrogen-bond donors (Lipinski definition) is 2. The molecule has 0 atom stereocenters. The highest BCUT2D eigenvalue weighted by atomic mass is 32.1. The lowest BCUT2D eigenvalue weighted by Crippen LogP contribution is -2.02. The SMILES string of the molecule is Cc1nc(Nc2ccc(C(=O)O)cc2)c2c3c(sc2n1)CCCC3. The zero-order valence-electron chi connectivity index (χ0n) is 13.3. The van der Waals surface area contributed by atoms with Gasteiger partial charge < -0.3 is 10.4 Å². The topological polar surface area (TPSA) is 75.1 Å². The van der Waals surface area contributed by atoms with Crippen LogP contribution >= 0.6 is 11.3 Å². The highest BCUT2D eigenvalue weighted by Gasteiger charge is 2.20. The molecule has 1 aliphatic rings. The fourth-order valence-corrected chi connectivity index (χ4v) is 4.49. The van der Waals surface area contributed by atoms with E-state index in [1.165, 1.54) is 23.3 Å². The Morgan fingerprint density at radius 2 is 1.92 bits per heavy atom. The first-order valence-electron chi connectivity index (χ1n) is 8.01. The van der Waals surface area contributed by atoms with Crippen molar-refractivity contribution in [3.8, 4) is 0 Å². The molecule has 122 valence electrons. The third-order valence-electron chi connectivity index (χ3n) is 4.32. The van der Waals surface area contributed by atoms with Crippen molar-refractivity contribution in [2.24, 2.45) is 0 Å². The number of benzene rings is 1. The summed E-state index contributed by atoms with van der Waals surface area (Å²) in [4.78, 5) is 22.7. The standard InChI is InChI=1S/C18H17N3O2S/c1-10-19-16(21-12-8-6-11(7-9-12)18(22)23)15-13-4-2-3-5-14(13)24-17(15)20-10/h6-9H,2-5H2,1H3,(H,22,23)(H,19,20,21). The van der Waals surface area contributed by atoms with Gasteiger partial charge in [0.1, 0.15) is 16.5 Å². The van der Waals surface area contributed by atoms with Gasteiger partial charge in [-0.15, -0.1) is 11.3 Å². The van der Waals surface area contributed by atoms with Gasteiger partial charge in [0.15, 0.2) is 0 Å². The predicted molar refractivity (Wildman–Crippen MR) is 95.5 cm³/mol. The minimum absolute atomic E-state index is 0.275. The van der Waals surface area contributed by atoms with E-state index in [1.807, 2.05) is 6.92 Å². The van der Waals surface area contributed by atoms with Gasteiger partial charge in [-0.3, -0.25) is 0 Å². The largest absolute Gasteiger partial charge is 0.478 e. The molecule has 0 amide bonds. The Bertz CT molecular complexity index is 932. The fraction of sp³-hybridized carbons (Fsp3) is 0.278. The van der Waals surface area contributed by atoms with Gasteiger partial charge >= 0.3 is 5.97 Å². The molecule has 0 fully saturated rings. The van der Waals surface area contributed by atoms with Gasteiger partial charge in [0.2, 0.25) is 0 Å². The first kappa shape index (κ1) is 15.1. The number of anilines is 2. The molecule has 0 saturated heterocycles. The van der Waals surface area contributed by atoms with E-state index in [0.717, 1.165) is 40.4 Å². The lowest BCUT2D eigenvalue weighted by Gasteiger charge is -2.13. The van der Waals surface area contributed by atoms with E-state index in [1.54, 1.807) is 35.6 Å². The summed E-state index contributed by atoms with van der Waals surface area (Å²) in [6, 6.07) is 6.73. The number of thiophene rings is 1. The van der Waals surface area contributed by atoms with Crippen LogP contribution in [0, 0.1) is 6.92 Å². The molecule has 3 aromatic rings. The number of aryl methyl sites for hydroxylation is 3. The lowest BCUT2D eigenvalue weighted by molar-refractivity contribution is 0.0697. The number of carboxylic acid groups (broad SMARTS) is 1. The molecule has 0 radical (unpaired) electrons. The zero-order chi connectivity index (χ0) is 16.7. The van der Waals surface area contributed by atoms with Crippen molar-refractivity contribution < 1.29 is 9.90 Å². The summed E-state index contributed by atoms with van der Waals surface area (Å²) >= 11 is 1.78. The number of nitrogens with one attached hydrogen (secondary N) is 1. The van der Waals surface area contributed by atoms with Crippen molar-refractivity contribution >= 4 is 39.0 Å². The fourth-order valence-electron chi connectivity index (χ4n) is 3.19. The average Bonchev–Trinajstić information content (AvgIpc) is 2.93. The van der Waals surface area contributed by atoms with Crippen LogP contribution in [0.2, 0.25) is 0 Å². The molecule has 2 aromatic heterocycles. The first-order valence-corrected chi connectivity index (χ1v) is 8.83. The van der Waals surface area contributed by atoms with Gasteiger partial charge in [0.25, 0.3) is 0 Å². The second-order valence-electron chi connectivity index (χ2n) is 6.02. The second kappa shape index (κ2) is 5.87. The number of fused-ring (bicyclic) bond motifs is 3. The van der Waals surface area contributed by atoms with Crippen LogP contribution in [-0.4, -0.2) is 21.0 Å². The molecule has 0 spiro atoms. The quantitative estimate of drug-likeness (QED) is 0.743. The summed E-state index contributed by atoms with van der Waals surface area (Å²) in [6.45, 7) is 1.90. The van der Waals surface area contributed by atoms with Gasteiger partial charge in [0, 0.05) is 10.6 Å². The van der Waals surface area contributed by atoms with Crippen molar-refractivity contribution in [2.45, 2.75) is 32.6 Å². The molecule has 1 aromatic carbocycles. The normalized spacial score (nSPS) is 13.7. The molecule has 2 heterocycles. The van der Waals surface area contributed by atoms with Crippen LogP contribution in [-0.2, 0) is 12.8 Å². The summed E-state index contributed by atoms with van der Waals surface area (Å²) in [5, 5.41) is 13.5. The molecule has 6 heteroatoms. The number of carbonyl (C=O) groups is 1. The minimum atomic E-state index is -0.922. The van der Waals surface area contributed by atoms with Crippen molar-refractivity contribution in [3.63, 3.8) is 0 Å². The zero-order valence-corrected chi connectivity index (χ0v) is 14.1. The van der Waals surface area contributed by atoms with Gasteiger partial charge in [-0.25, -0.2) is 14.8 Å². The van der Waals surface area contributed by atoms with Gasteiger partial charge in [-0.05, 0) is 62.4 Å². The Morgan fingerprint density at radius 3 is 2.67 bits per heavy atom. The summed E-state index contributed by atoms with van der Waals surface area (Å²) in [7, 11) is 0. The maximum Gasteiger partial charge on any atom is 0.335 e. The summed E-state index contributed by atoms with van der Waals surface area (Å²) in [5.74, 6) is 0.638. The van der Waals surface area contributed by atoms with Crippen LogP contribution in [0.5, 0.6) is 0 Å². The molecule has 4 rings (SSSR count). The van der Waals surface area contributed by atoms with Crippen LogP contribution in [0.4, 0.5) is 11.5 Å². The number of hydrogen-bond acceptors (Lipinski definition) is 5. The summed E-state index contributed by atoms with van der Waals surface area (Å²) < 4.78 is 0. The Balaban J connectivity index is 1.78. The highest BCUT2D eigenvalue weighted by Crippen LogP contribution is 2.39.